The van der Waals surface area contributed by atoms with Gasteiger partial charge < -0.3 is 25.2 Å². The SMILES string of the molecule is CNC(=O)CCC(C=O)N1Cc2c(NCC3CN(CCn4cc(C#Cc5sc6c(c5C)C(c5ccc(Cl)cc5)=N[C@@H](C)c5nnc(C)n5-6)cn4)C3)cccc2C1=O. The Morgan fingerprint density at radius 3 is 2.68 bits per heavy atom. The van der Waals surface area contributed by atoms with Gasteiger partial charge in [-0.05, 0) is 57.0 Å². The molecule has 15 heteroatoms. The Balaban J connectivity index is 0.870. The van der Waals surface area contributed by atoms with Gasteiger partial charge in [-0.3, -0.25) is 23.8 Å². The minimum absolute atomic E-state index is 0.153. The van der Waals surface area contributed by atoms with E-state index in [1.165, 1.54) is 0 Å². The summed E-state index contributed by atoms with van der Waals surface area (Å²) in [5.74, 6) is 8.54. The number of amides is 2. The van der Waals surface area contributed by atoms with E-state index in [0.717, 1.165) is 99.8 Å². The van der Waals surface area contributed by atoms with Crippen LogP contribution in [0, 0.1) is 31.6 Å². The van der Waals surface area contributed by atoms with Gasteiger partial charge in [-0.15, -0.1) is 21.5 Å². The van der Waals surface area contributed by atoms with Crippen LogP contribution in [0.1, 0.15) is 80.5 Å². The molecule has 0 saturated carbocycles. The minimum atomic E-state index is -0.642. The van der Waals surface area contributed by atoms with Crippen molar-refractivity contribution in [2.24, 2.45) is 10.9 Å². The van der Waals surface area contributed by atoms with E-state index in [1.54, 1.807) is 29.4 Å². The van der Waals surface area contributed by atoms with Gasteiger partial charge in [0.2, 0.25) is 5.91 Å². The Labute approximate surface area is 340 Å². The van der Waals surface area contributed by atoms with Crippen molar-refractivity contribution in [2.75, 3.05) is 38.5 Å². The molecule has 0 aliphatic carbocycles. The third kappa shape index (κ3) is 7.62. The Kier molecular flexibility index (Phi) is 10.8. The lowest BCUT2D eigenvalue weighted by Gasteiger charge is -2.39. The van der Waals surface area contributed by atoms with E-state index in [0.29, 0.717) is 29.5 Å². The summed E-state index contributed by atoms with van der Waals surface area (Å²) in [6.07, 6.45) is 5.06. The van der Waals surface area contributed by atoms with Crippen LogP contribution < -0.4 is 10.6 Å². The van der Waals surface area contributed by atoms with Crippen LogP contribution in [0.4, 0.5) is 5.69 Å². The number of aldehydes is 1. The van der Waals surface area contributed by atoms with Crippen molar-refractivity contribution in [2.45, 2.75) is 58.8 Å². The zero-order valence-electron chi connectivity index (χ0n) is 32.3. The van der Waals surface area contributed by atoms with E-state index in [2.05, 4.69) is 54.2 Å². The van der Waals surface area contributed by atoms with Crippen LogP contribution in [-0.2, 0) is 22.7 Å². The van der Waals surface area contributed by atoms with Gasteiger partial charge in [-0.25, -0.2) is 0 Å². The van der Waals surface area contributed by atoms with Gasteiger partial charge in [0.15, 0.2) is 5.82 Å². The van der Waals surface area contributed by atoms with E-state index >= 15 is 0 Å². The monoisotopic (exact) mass is 802 g/mol. The lowest BCUT2D eigenvalue weighted by atomic mass is 9.99. The minimum Gasteiger partial charge on any atom is -0.384 e. The zero-order valence-corrected chi connectivity index (χ0v) is 33.8. The molecule has 1 unspecified atom stereocenters. The maximum atomic E-state index is 13.2. The average molecular weight is 803 g/mol. The highest BCUT2D eigenvalue weighted by molar-refractivity contribution is 7.15. The number of aryl methyl sites for hydroxylation is 1. The molecular formula is C42H43ClN10O3S. The van der Waals surface area contributed by atoms with Gasteiger partial charge in [-0.2, -0.15) is 5.10 Å². The highest BCUT2D eigenvalue weighted by atomic mass is 35.5. The molecule has 2 aromatic carbocycles. The molecule has 3 aromatic heterocycles. The molecule has 5 aromatic rings. The summed E-state index contributed by atoms with van der Waals surface area (Å²) in [6.45, 7) is 10.8. The maximum Gasteiger partial charge on any atom is 0.255 e. The van der Waals surface area contributed by atoms with Crippen molar-refractivity contribution in [3.63, 3.8) is 0 Å². The number of nitrogens with one attached hydrogen (secondary N) is 2. The summed E-state index contributed by atoms with van der Waals surface area (Å²) in [5.41, 5.74) is 7.25. The van der Waals surface area contributed by atoms with Crippen molar-refractivity contribution >= 4 is 52.4 Å². The summed E-state index contributed by atoms with van der Waals surface area (Å²) in [4.78, 5) is 46.9. The Bertz CT molecular complexity index is 2450. The molecule has 2 amide bonds. The highest BCUT2D eigenvalue weighted by Crippen LogP contribution is 2.39. The number of aromatic nitrogens is 5. The lowest BCUT2D eigenvalue weighted by Crippen LogP contribution is -2.50. The average Bonchev–Trinajstić information content (AvgIpc) is 3.96. The molecule has 2 atom stereocenters. The Hall–Kier alpha value is -5.62. The largest absolute Gasteiger partial charge is 0.384 e. The molecule has 1 saturated heterocycles. The third-order valence-corrected chi connectivity index (χ3v) is 12.4. The van der Waals surface area contributed by atoms with Gasteiger partial charge in [0.1, 0.15) is 23.2 Å². The van der Waals surface area contributed by atoms with Gasteiger partial charge >= 0.3 is 0 Å². The first-order valence-corrected chi connectivity index (χ1v) is 20.3. The number of halogens is 1. The molecule has 2 N–H and O–H groups in total. The fourth-order valence-corrected chi connectivity index (χ4v) is 9.10. The number of aliphatic imine (C=N–C) groups is 1. The number of carbonyl (C=O) groups excluding carboxylic acids is 3. The summed E-state index contributed by atoms with van der Waals surface area (Å²) in [5, 5.41) is 21.3. The van der Waals surface area contributed by atoms with Crippen molar-refractivity contribution in [1.29, 1.82) is 0 Å². The Morgan fingerprint density at radius 1 is 1.11 bits per heavy atom. The first-order valence-electron chi connectivity index (χ1n) is 19.1. The third-order valence-electron chi connectivity index (χ3n) is 10.9. The predicted octanol–water partition coefficient (Wildman–Crippen LogP) is 5.20. The van der Waals surface area contributed by atoms with Crippen molar-refractivity contribution in [3.8, 4) is 16.8 Å². The van der Waals surface area contributed by atoms with Gasteiger partial charge in [0.05, 0.1) is 34.9 Å². The Morgan fingerprint density at radius 2 is 1.91 bits per heavy atom. The number of anilines is 1. The number of carbonyl (C=O) groups is 3. The molecule has 8 rings (SSSR count). The van der Waals surface area contributed by atoms with Gasteiger partial charge in [-0.1, -0.05) is 41.6 Å². The summed E-state index contributed by atoms with van der Waals surface area (Å²) >= 11 is 7.87. The lowest BCUT2D eigenvalue weighted by molar-refractivity contribution is -0.121. The molecule has 292 valence electrons. The molecule has 57 heavy (non-hydrogen) atoms. The van der Waals surface area contributed by atoms with Crippen LogP contribution >= 0.6 is 22.9 Å². The smallest absolute Gasteiger partial charge is 0.255 e. The second kappa shape index (κ2) is 16.1. The molecule has 0 spiro atoms. The van der Waals surface area contributed by atoms with E-state index in [4.69, 9.17) is 16.6 Å². The van der Waals surface area contributed by atoms with E-state index < -0.39 is 6.04 Å². The maximum absolute atomic E-state index is 13.2. The fourth-order valence-electron chi connectivity index (χ4n) is 7.75. The van der Waals surface area contributed by atoms with Crippen LogP contribution in [0.3, 0.4) is 0 Å². The fraction of sp³-hybridized carbons (Fsp3) is 0.357. The normalized spacial score (nSPS) is 16.7. The quantitative estimate of drug-likeness (QED) is 0.130. The van der Waals surface area contributed by atoms with Gasteiger partial charge in [0.25, 0.3) is 5.91 Å². The van der Waals surface area contributed by atoms with Crippen LogP contribution in [0.2, 0.25) is 5.02 Å². The standard InChI is InChI=1S/C42H43ClN10O3S/c1-25-36(57-42-38(25)39(30-9-11-31(43)12-10-30)47-26(2)40-49-48-27(3)53(40)42)14-8-28-19-46-51(22-28)17-16-50-20-29(21-50)18-45-35-7-5-6-33-34(35)23-52(41(33)56)32(24-54)13-15-37(55)44-4/h5-7,9-12,19,22,24,26,29,32,45H,13,15-18,20-21,23H2,1-4H3,(H,44,55)/t26-,32?/m0/s1. The molecular weight excluding hydrogens is 760 g/mol. The molecule has 3 aliphatic heterocycles. The number of benzene rings is 2. The summed E-state index contributed by atoms with van der Waals surface area (Å²) < 4.78 is 4.06. The van der Waals surface area contributed by atoms with Crippen LogP contribution in [0.5, 0.6) is 0 Å². The molecule has 3 aliphatic rings. The van der Waals surface area contributed by atoms with Crippen molar-refractivity contribution < 1.29 is 14.4 Å². The number of fused-ring (bicyclic) bond motifs is 4. The number of likely N-dealkylation sites (tertiary alicyclic amines) is 1. The highest BCUT2D eigenvalue weighted by Gasteiger charge is 2.35. The number of thiophene rings is 1. The number of hydrogen-bond donors (Lipinski definition) is 2. The number of rotatable bonds is 12. The first-order chi connectivity index (χ1) is 27.6. The van der Waals surface area contributed by atoms with Crippen LogP contribution in [0.15, 0.2) is 59.9 Å². The molecule has 0 bridgehead atoms. The first kappa shape index (κ1) is 38.3. The summed E-state index contributed by atoms with van der Waals surface area (Å²) in [7, 11) is 1.56. The number of hydrogen-bond acceptors (Lipinski definition) is 10. The summed E-state index contributed by atoms with van der Waals surface area (Å²) in [6, 6.07) is 12.6. The second-order valence-electron chi connectivity index (χ2n) is 14.8. The van der Waals surface area contributed by atoms with E-state index in [1.807, 2.05) is 67.3 Å². The van der Waals surface area contributed by atoms with E-state index in [9.17, 15) is 14.4 Å². The van der Waals surface area contributed by atoms with Crippen molar-refractivity contribution in [3.05, 3.63) is 110 Å². The van der Waals surface area contributed by atoms with E-state index in [-0.39, 0.29) is 24.3 Å². The molecule has 13 nitrogen and oxygen atoms in total. The molecule has 1 fully saturated rings. The topological polar surface area (TPSA) is 143 Å². The van der Waals surface area contributed by atoms with Crippen molar-refractivity contribution in [1.82, 2.24) is 39.7 Å². The predicted molar refractivity (Wildman–Crippen MR) is 220 cm³/mol. The van der Waals surface area contributed by atoms with Gasteiger partial charge in [0, 0.05) is 91.3 Å². The molecule has 6 heterocycles. The number of nitrogens with zero attached hydrogens (tertiary/aromatic N) is 8. The van der Waals surface area contributed by atoms with Crippen LogP contribution in [0.25, 0.3) is 5.00 Å². The zero-order chi connectivity index (χ0) is 39.8. The second-order valence-corrected chi connectivity index (χ2v) is 16.2. The molecule has 0 radical (unpaired) electrons. The van der Waals surface area contributed by atoms with Crippen LogP contribution in [-0.4, -0.2) is 97.4 Å².